The number of carbonyl (C=O) groups is 1. The second-order valence-corrected chi connectivity index (χ2v) is 4.50. The van der Waals surface area contributed by atoms with E-state index in [1.54, 1.807) is 29.2 Å². The van der Waals surface area contributed by atoms with Gasteiger partial charge in [-0.2, -0.15) is 5.10 Å². The van der Waals surface area contributed by atoms with Crippen molar-refractivity contribution < 1.29 is 14.3 Å². The van der Waals surface area contributed by atoms with E-state index in [0.717, 1.165) is 0 Å². The summed E-state index contributed by atoms with van der Waals surface area (Å²) >= 11 is 0. The lowest BCUT2D eigenvalue weighted by molar-refractivity contribution is 0.0947. The number of nitrogens with one attached hydrogen (secondary N) is 1. The monoisotopic (exact) mass is 274 g/mol. The first-order valence-electron chi connectivity index (χ1n) is 6.26. The van der Waals surface area contributed by atoms with Crippen LogP contribution in [0.4, 0.5) is 0 Å². The van der Waals surface area contributed by atoms with E-state index in [0.29, 0.717) is 23.6 Å². The molecule has 1 unspecified atom stereocenters. The van der Waals surface area contributed by atoms with Gasteiger partial charge in [0, 0.05) is 12.1 Å². The Kier molecular flexibility index (Phi) is 3.24. The Balaban J connectivity index is 1.62. The molecule has 1 aromatic carbocycles. The lowest BCUT2D eigenvalue weighted by atomic mass is 10.2. The molecule has 1 N–H and O–H groups in total. The zero-order valence-electron chi connectivity index (χ0n) is 10.9. The molecular formula is C13H14N4O3. The Bertz CT molecular complexity index is 612. The molecule has 0 saturated carbocycles. The summed E-state index contributed by atoms with van der Waals surface area (Å²) in [6.45, 7) is 2.62. The third kappa shape index (κ3) is 2.42. The Hall–Kier alpha value is -2.57. The summed E-state index contributed by atoms with van der Waals surface area (Å²) in [5.74, 6) is 1.11. The van der Waals surface area contributed by atoms with Crippen molar-refractivity contribution in [3.8, 4) is 11.5 Å². The van der Waals surface area contributed by atoms with Gasteiger partial charge in [-0.05, 0) is 25.1 Å². The van der Waals surface area contributed by atoms with Crippen LogP contribution in [0.3, 0.4) is 0 Å². The van der Waals surface area contributed by atoms with Crippen LogP contribution in [0.2, 0.25) is 0 Å². The van der Waals surface area contributed by atoms with Crippen molar-refractivity contribution in [2.45, 2.75) is 13.0 Å². The van der Waals surface area contributed by atoms with Gasteiger partial charge in [0.05, 0.1) is 6.04 Å². The minimum atomic E-state index is -0.157. The molecule has 0 spiro atoms. The number of ether oxygens (including phenoxy) is 2. The lowest BCUT2D eigenvalue weighted by Gasteiger charge is -2.12. The summed E-state index contributed by atoms with van der Waals surface area (Å²) in [5, 5.41) is 6.89. The third-order valence-electron chi connectivity index (χ3n) is 3.08. The summed E-state index contributed by atoms with van der Waals surface area (Å²) in [6, 6.07) is 5.16. The fraction of sp³-hybridized carbons (Fsp3) is 0.308. The maximum atomic E-state index is 12.1. The van der Waals surface area contributed by atoms with E-state index in [4.69, 9.17) is 9.47 Å². The van der Waals surface area contributed by atoms with Crippen LogP contribution >= 0.6 is 0 Å². The fourth-order valence-electron chi connectivity index (χ4n) is 1.92. The van der Waals surface area contributed by atoms with Gasteiger partial charge in [-0.1, -0.05) is 0 Å². The predicted molar refractivity (Wildman–Crippen MR) is 69.6 cm³/mol. The summed E-state index contributed by atoms with van der Waals surface area (Å²) in [7, 11) is 0. The van der Waals surface area contributed by atoms with E-state index in [2.05, 4.69) is 15.4 Å². The molecule has 3 rings (SSSR count). The number of aromatic nitrogens is 3. The molecular weight excluding hydrogens is 260 g/mol. The van der Waals surface area contributed by atoms with E-state index in [1.165, 1.54) is 6.33 Å². The molecule has 2 heterocycles. The average Bonchev–Trinajstić information content (AvgIpc) is 3.13. The van der Waals surface area contributed by atoms with Gasteiger partial charge in [0.1, 0.15) is 12.7 Å². The molecule has 0 bridgehead atoms. The zero-order chi connectivity index (χ0) is 13.9. The Morgan fingerprint density at radius 1 is 1.45 bits per heavy atom. The highest BCUT2D eigenvalue weighted by Crippen LogP contribution is 2.32. The number of benzene rings is 1. The molecule has 7 heteroatoms. The lowest BCUT2D eigenvalue weighted by Crippen LogP contribution is -2.29. The van der Waals surface area contributed by atoms with Crippen molar-refractivity contribution in [2.75, 3.05) is 13.3 Å². The molecule has 1 aromatic heterocycles. The maximum absolute atomic E-state index is 12.1. The molecule has 0 radical (unpaired) electrons. The zero-order valence-corrected chi connectivity index (χ0v) is 10.9. The number of nitrogens with zero attached hydrogens (tertiary/aromatic N) is 3. The minimum Gasteiger partial charge on any atom is -0.454 e. The SMILES string of the molecule is CC(CNC(=O)c1ccc2c(c1)OCO2)n1cncn1. The molecule has 1 atom stereocenters. The highest BCUT2D eigenvalue weighted by atomic mass is 16.7. The minimum absolute atomic E-state index is 0.0375. The van der Waals surface area contributed by atoms with Gasteiger partial charge >= 0.3 is 0 Å². The van der Waals surface area contributed by atoms with Crippen molar-refractivity contribution in [1.82, 2.24) is 20.1 Å². The van der Waals surface area contributed by atoms with Gasteiger partial charge in [0.2, 0.25) is 6.79 Å². The third-order valence-corrected chi connectivity index (χ3v) is 3.08. The highest BCUT2D eigenvalue weighted by molar-refractivity contribution is 5.94. The average molecular weight is 274 g/mol. The van der Waals surface area contributed by atoms with E-state index in [1.807, 2.05) is 6.92 Å². The van der Waals surface area contributed by atoms with Gasteiger partial charge in [-0.15, -0.1) is 0 Å². The largest absolute Gasteiger partial charge is 0.454 e. The Morgan fingerprint density at radius 3 is 3.10 bits per heavy atom. The molecule has 0 saturated heterocycles. The first-order chi connectivity index (χ1) is 9.74. The Labute approximate surface area is 115 Å². The van der Waals surface area contributed by atoms with Crippen molar-refractivity contribution in [3.05, 3.63) is 36.4 Å². The number of hydrogen-bond donors (Lipinski definition) is 1. The van der Waals surface area contributed by atoms with Crippen LogP contribution in [0, 0.1) is 0 Å². The number of fused-ring (bicyclic) bond motifs is 1. The summed E-state index contributed by atoms with van der Waals surface area (Å²) in [6.07, 6.45) is 3.09. The van der Waals surface area contributed by atoms with Crippen molar-refractivity contribution in [3.63, 3.8) is 0 Å². The van der Waals surface area contributed by atoms with E-state index in [-0.39, 0.29) is 18.7 Å². The van der Waals surface area contributed by atoms with Crippen LogP contribution in [0.1, 0.15) is 23.3 Å². The smallest absolute Gasteiger partial charge is 0.251 e. The summed E-state index contributed by atoms with van der Waals surface area (Å²) in [5.41, 5.74) is 0.542. The molecule has 0 fully saturated rings. The maximum Gasteiger partial charge on any atom is 0.251 e. The number of carbonyl (C=O) groups excluding carboxylic acids is 1. The Morgan fingerprint density at radius 2 is 2.30 bits per heavy atom. The molecule has 1 aliphatic rings. The first-order valence-corrected chi connectivity index (χ1v) is 6.26. The van der Waals surface area contributed by atoms with Crippen molar-refractivity contribution >= 4 is 5.91 Å². The van der Waals surface area contributed by atoms with Gasteiger partial charge in [0.15, 0.2) is 11.5 Å². The van der Waals surface area contributed by atoms with Gasteiger partial charge in [-0.3, -0.25) is 4.79 Å². The second-order valence-electron chi connectivity index (χ2n) is 4.50. The van der Waals surface area contributed by atoms with Gasteiger partial charge in [-0.25, -0.2) is 9.67 Å². The van der Waals surface area contributed by atoms with Crippen LogP contribution in [0.25, 0.3) is 0 Å². The second kappa shape index (κ2) is 5.20. The molecule has 104 valence electrons. The molecule has 1 amide bonds. The standard InChI is InChI=1S/C13H14N4O3/c1-9(17-7-14-6-16-17)5-15-13(18)10-2-3-11-12(4-10)20-8-19-11/h2-4,6-7,9H,5,8H2,1H3,(H,15,18). The summed E-state index contributed by atoms with van der Waals surface area (Å²) < 4.78 is 12.2. The van der Waals surface area contributed by atoms with E-state index >= 15 is 0 Å². The number of hydrogen-bond acceptors (Lipinski definition) is 5. The molecule has 20 heavy (non-hydrogen) atoms. The molecule has 2 aromatic rings. The normalized spacial score (nSPS) is 14.1. The fourth-order valence-corrected chi connectivity index (χ4v) is 1.92. The summed E-state index contributed by atoms with van der Waals surface area (Å²) in [4.78, 5) is 15.9. The van der Waals surface area contributed by atoms with Crippen molar-refractivity contribution in [1.29, 1.82) is 0 Å². The van der Waals surface area contributed by atoms with E-state index in [9.17, 15) is 4.79 Å². The quantitative estimate of drug-likeness (QED) is 0.899. The molecule has 1 aliphatic heterocycles. The van der Waals surface area contributed by atoms with Crippen LogP contribution < -0.4 is 14.8 Å². The van der Waals surface area contributed by atoms with Crippen LogP contribution in [0.15, 0.2) is 30.9 Å². The highest BCUT2D eigenvalue weighted by Gasteiger charge is 2.16. The molecule has 0 aliphatic carbocycles. The first kappa shape index (κ1) is 12.5. The number of rotatable bonds is 4. The predicted octanol–water partition coefficient (Wildman–Crippen LogP) is 0.998. The van der Waals surface area contributed by atoms with Crippen LogP contribution in [0.5, 0.6) is 11.5 Å². The van der Waals surface area contributed by atoms with Crippen molar-refractivity contribution in [2.24, 2.45) is 0 Å². The van der Waals surface area contributed by atoms with Crippen LogP contribution in [-0.4, -0.2) is 34.0 Å². The topological polar surface area (TPSA) is 78.3 Å². The van der Waals surface area contributed by atoms with Gasteiger partial charge in [0.25, 0.3) is 5.91 Å². The van der Waals surface area contributed by atoms with Gasteiger partial charge < -0.3 is 14.8 Å². The number of amides is 1. The molecule has 7 nitrogen and oxygen atoms in total. The van der Waals surface area contributed by atoms with E-state index < -0.39 is 0 Å². The van der Waals surface area contributed by atoms with Crippen LogP contribution in [-0.2, 0) is 0 Å².